The number of carboxylic acids is 1. The van der Waals surface area contributed by atoms with Crippen LogP contribution in [0.4, 0.5) is 11.4 Å². The lowest BCUT2D eigenvalue weighted by atomic mass is 9.76. The second-order valence-electron chi connectivity index (χ2n) is 5.16. The fourth-order valence-electron chi connectivity index (χ4n) is 2.56. The third-order valence-electron chi connectivity index (χ3n) is 3.93. The maximum Gasteiger partial charge on any atom is 0.329 e. The van der Waals surface area contributed by atoms with E-state index in [1.165, 1.54) is 6.20 Å². The van der Waals surface area contributed by atoms with E-state index in [-0.39, 0.29) is 11.4 Å². The molecule has 1 heterocycles. The predicted molar refractivity (Wildman–Crippen MR) is 76.2 cm³/mol. The maximum absolute atomic E-state index is 11.5. The molecule has 0 spiro atoms. The summed E-state index contributed by atoms with van der Waals surface area (Å²) in [6, 6.07) is 6.96. The topological polar surface area (TPSA) is 105 Å². The van der Waals surface area contributed by atoms with Gasteiger partial charge in [0.25, 0.3) is 0 Å². The van der Waals surface area contributed by atoms with Gasteiger partial charge < -0.3 is 10.4 Å². The van der Waals surface area contributed by atoms with Gasteiger partial charge in [-0.15, -0.1) is 0 Å². The van der Waals surface area contributed by atoms with Gasteiger partial charge in [0.2, 0.25) is 0 Å². The summed E-state index contributed by atoms with van der Waals surface area (Å²) in [4.78, 5) is 26.2. The molecule has 21 heavy (non-hydrogen) atoms. The second-order valence-corrected chi connectivity index (χ2v) is 5.16. The molecule has 1 aromatic carbocycles. The number of aromatic nitrogens is 1. The fraction of sp³-hybridized carbons (Fsp3) is 0.286. The Balaban J connectivity index is 2.17. The number of nitrogens with zero attached hydrogens (tertiary/aromatic N) is 2. The first-order valence-electron chi connectivity index (χ1n) is 6.57. The van der Waals surface area contributed by atoms with Crippen molar-refractivity contribution in [1.29, 1.82) is 0 Å². The molecule has 1 aliphatic carbocycles. The van der Waals surface area contributed by atoms with Crippen LogP contribution in [0.3, 0.4) is 0 Å². The number of benzene rings is 1. The van der Waals surface area contributed by atoms with Gasteiger partial charge in [-0.3, -0.25) is 10.1 Å². The molecular weight excluding hydrogens is 274 g/mol. The van der Waals surface area contributed by atoms with Crippen LogP contribution < -0.4 is 5.32 Å². The molecule has 1 saturated carbocycles. The van der Waals surface area contributed by atoms with Crippen molar-refractivity contribution in [2.45, 2.75) is 24.8 Å². The van der Waals surface area contributed by atoms with E-state index in [1.807, 2.05) is 0 Å². The Morgan fingerprint density at radius 2 is 2.10 bits per heavy atom. The van der Waals surface area contributed by atoms with E-state index in [1.54, 1.807) is 24.3 Å². The van der Waals surface area contributed by atoms with Crippen LogP contribution in [0.25, 0.3) is 10.9 Å². The highest BCUT2D eigenvalue weighted by atomic mass is 16.6. The zero-order chi connectivity index (χ0) is 15.0. The number of hydrogen-bond acceptors (Lipinski definition) is 5. The molecule has 108 valence electrons. The first-order chi connectivity index (χ1) is 10.0. The summed E-state index contributed by atoms with van der Waals surface area (Å²) in [6.45, 7) is 0. The summed E-state index contributed by atoms with van der Waals surface area (Å²) in [6.07, 6.45) is 2.86. The van der Waals surface area contributed by atoms with Gasteiger partial charge in [0, 0.05) is 5.39 Å². The molecule has 3 rings (SSSR count). The van der Waals surface area contributed by atoms with Crippen LogP contribution in [0.1, 0.15) is 19.3 Å². The highest BCUT2D eigenvalue weighted by Gasteiger charge is 2.45. The molecule has 2 N–H and O–H groups in total. The number of fused-ring (bicyclic) bond motifs is 1. The Kier molecular flexibility index (Phi) is 2.97. The predicted octanol–water partition coefficient (Wildman–Crippen LogP) is 2.56. The number of pyridine rings is 1. The molecule has 0 saturated heterocycles. The summed E-state index contributed by atoms with van der Waals surface area (Å²) >= 11 is 0. The van der Waals surface area contributed by atoms with Crippen molar-refractivity contribution in [3.63, 3.8) is 0 Å². The number of nitro groups is 1. The molecule has 1 fully saturated rings. The summed E-state index contributed by atoms with van der Waals surface area (Å²) in [5.74, 6) is -0.982. The van der Waals surface area contributed by atoms with Crippen molar-refractivity contribution < 1.29 is 14.8 Å². The normalized spacial score (nSPS) is 16.2. The number of anilines is 1. The van der Waals surface area contributed by atoms with Gasteiger partial charge in [0.05, 0.1) is 10.4 Å². The Morgan fingerprint density at radius 1 is 1.38 bits per heavy atom. The highest BCUT2D eigenvalue weighted by Crippen LogP contribution is 2.40. The summed E-state index contributed by atoms with van der Waals surface area (Å²) in [5, 5.41) is 24.1. The molecule has 0 bridgehead atoms. The number of hydrogen-bond donors (Lipinski definition) is 2. The van der Waals surface area contributed by atoms with Gasteiger partial charge in [-0.2, -0.15) is 0 Å². The fourth-order valence-corrected chi connectivity index (χ4v) is 2.56. The van der Waals surface area contributed by atoms with Crippen molar-refractivity contribution in [2.75, 3.05) is 5.32 Å². The van der Waals surface area contributed by atoms with Crippen LogP contribution in [-0.4, -0.2) is 26.5 Å². The number of aliphatic carboxylic acids is 1. The molecule has 7 nitrogen and oxygen atoms in total. The quantitative estimate of drug-likeness (QED) is 0.661. The van der Waals surface area contributed by atoms with Crippen molar-refractivity contribution in [3.8, 4) is 0 Å². The van der Waals surface area contributed by atoms with Crippen LogP contribution in [0, 0.1) is 10.1 Å². The van der Waals surface area contributed by atoms with Gasteiger partial charge in [-0.1, -0.05) is 18.2 Å². The monoisotopic (exact) mass is 287 g/mol. The third-order valence-corrected chi connectivity index (χ3v) is 3.93. The highest BCUT2D eigenvalue weighted by molar-refractivity contribution is 5.98. The van der Waals surface area contributed by atoms with Gasteiger partial charge in [0.1, 0.15) is 17.4 Å². The molecule has 0 unspecified atom stereocenters. The van der Waals surface area contributed by atoms with Crippen LogP contribution in [0.5, 0.6) is 0 Å². The van der Waals surface area contributed by atoms with Gasteiger partial charge in [0.15, 0.2) is 0 Å². The van der Waals surface area contributed by atoms with E-state index in [0.29, 0.717) is 23.7 Å². The lowest BCUT2D eigenvalue weighted by molar-refractivity contribution is -0.384. The average Bonchev–Trinajstić information content (AvgIpc) is 2.41. The Labute approximate surface area is 119 Å². The van der Waals surface area contributed by atoms with Crippen LogP contribution in [-0.2, 0) is 4.79 Å². The average molecular weight is 287 g/mol. The molecule has 0 aliphatic heterocycles. The maximum atomic E-state index is 11.5. The number of nitrogens with one attached hydrogen (secondary N) is 1. The molecule has 1 aromatic heterocycles. The minimum atomic E-state index is -1.12. The number of carboxylic acid groups (broad SMARTS) is 1. The van der Waals surface area contributed by atoms with Crippen molar-refractivity contribution in [2.24, 2.45) is 0 Å². The first-order valence-corrected chi connectivity index (χ1v) is 6.57. The molecular formula is C14H13N3O4. The molecule has 0 atom stereocenters. The Hall–Kier alpha value is -2.70. The molecule has 1 aliphatic rings. The minimum absolute atomic E-state index is 0.207. The van der Waals surface area contributed by atoms with Crippen molar-refractivity contribution in [3.05, 3.63) is 40.6 Å². The van der Waals surface area contributed by atoms with Crippen LogP contribution >= 0.6 is 0 Å². The molecule has 7 heteroatoms. The van der Waals surface area contributed by atoms with E-state index in [0.717, 1.165) is 6.42 Å². The van der Waals surface area contributed by atoms with E-state index in [4.69, 9.17) is 0 Å². The van der Waals surface area contributed by atoms with Crippen molar-refractivity contribution >= 4 is 28.2 Å². The van der Waals surface area contributed by atoms with Gasteiger partial charge in [-0.25, -0.2) is 9.78 Å². The van der Waals surface area contributed by atoms with E-state index >= 15 is 0 Å². The number of para-hydroxylation sites is 1. The molecule has 0 radical (unpaired) electrons. The first kappa shape index (κ1) is 13.3. The van der Waals surface area contributed by atoms with Gasteiger partial charge >= 0.3 is 11.7 Å². The summed E-state index contributed by atoms with van der Waals surface area (Å²) < 4.78 is 0. The van der Waals surface area contributed by atoms with Crippen LogP contribution in [0.2, 0.25) is 0 Å². The number of rotatable bonds is 4. The van der Waals surface area contributed by atoms with Gasteiger partial charge in [-0.05, 0) is 25.3 Å². The Bertz CT molecular complexity index is 740. The Morgan fingerprint density at radius 3 is 2.67 bits per heavy atom. The van der Waals surface area contributed by atoms with E-state index in [9.17, 15) is 20.0 Å². The lowest BCUT2D eigenvalue weighted by Crippen LogP contribution is -2.52. The minimum Gasteiger partial charge on any atom is -0.480 e. The number of carbonyl (C=O) groups is 1. The zero-order valence-electron chi connectivity index (χ0n) is 11.1. The molecule has 0 amide bonds. The largest absolute Gasteiger partial charge is 0.480 e. The van der Waals surface area contributed by atoms with Crippen molar-refractivity contribution in [1.82, 2.24) is 4.98 Å². The van der Waals surface area contributed by atoms with Crippen LogP contribution in [0.15, 0.2) is 30.5 Å². The van der Waals surface area contributed by atoms with E-state index < -0.39 is 16.4 Å². The van der Waals surface area contributed by atoms with E-state index in [2.05, 4.69) is 10.3 Å². The SMILES string of the molecule is O=C(O)C1(Nc2c([N+](=O)[O-])cnc3ccccc23)CCC1. The smallest absolute Gasteiger partial charge is 0.329 e. The standard InChI is InChI=1S/C14H13N3O4/c18-13(19)14(6-3-7-14)16-12-9-4-1-2-5-10(9)15-8-11(12)17(20)21/h1-2,4-5,8H,3,6-7H2,(H,15,16)(H,18,19). The molecule has 2 aromatic rings. The third kappa shape index (κ3) is 2.06. The summed E-state index contributed by atoms with van der Waals surface area (Å²) in [5.41, 5.74) is -0.506. The second kappa shape index (κ2) is 4.69. The lowest BCUT2D eigenvalue weighted by Gasteiger charge is -2.39. The zero-order valence-corrected chi connectivity index (χ0v) is 11.1. The summed E-state index contributed by atoms with van der Waals surface area (Å²) in [7, 11) is 0.